The van der Waals surface area contributed by atoms with Gasteiger partial charge >= 0.3 is 6.03 Å². The second-order valence-electron chi connectivity index (χ2n) is 6.74. The smallest absolute Gasteiger partial charge is 0.321 e. The van der Waals surface area contributed by atoms with Crippen LogP contribution < -0.4 is 5.32 Å². The van der Waals surface area contributed by atoms with E-state index in [-0.39, 0.29) is 6.03 Å². The molecule has 5 heteroatoms. The van der Waals surface area contributed by atoms with Crippen LogP contribution in [0.25, 0.3) is 0 Å². The Balaban J connectivity index is 1.66. The predicted octanol–water partition coefficient (Wildman–Crippen LogP) is 3.46. The largest absolute Gasteiger partial charge is 0.324 e. The number of urea groups is 1. The molecule has 2 amide bonds. The number of hydrogen-bond acceptors (Lipinski definition) is 2. The van der Waals surface area contributed by atoms with E-state index in [1.165, 1.54) is 6.42 Å². The maximum Gasteiger partial charge on any atom is 0.321 e. The quantitative estimate of drug-likeness (QED) is 0.905. The average Bonchev–Trinajstić information content (AvgIpc) is 3.07. The van der Waals surface area contributed by atoms with Crippen LogP contribution in [0.4, 0.5) is 10.5 Å². The van der Waals surface area contributed by atoms with Gasteiger partial charge < -0.3 is 15.1 Å². The topological polar surface area (TPSA) is 35.6 Å². The molecule has 2 aliphatic rings. The number of likely N-dealkylation sites (tertiary alicyclic amines) is 2. The number of aryl methyl sites for hydroxylation is 1. The van der Waals surface area contributed by atoms with E-state index in [1.54, 1.807) is 0 Å². The zero-order valence-corrected chi connectivity index (χ0v) is 14.1. The van der Waals surface area contributed by atoms with E-state index in [0.29, 0.717) is 10.4 Å². The van der Waals surface area contributed by atoms with Crippen molar-refractivity contribution in [3.8, 4) is 0 Å². The summed E-state index contributed by atoms with van der Waals surface area (Å²) in [6.07, 6.45) is 3.17. The Hall–Kier alpha value is -1.26. The van der Waals surface area contributed by atoms with E-state index in [4.69, 9.17) is 11.6 Å². The van der Waals surface area contributed by atoms with Gasteiger partial charge in [-0.1, -0.05) is 18.5 Å². The molecule has 1 aromatic carbocycles. The van der Waals surface area contributed by atoms with Crippen molar-refractivity contribution in [3.63, 3.8) is 0 Å². The number of halogens is 1. The average molecular weight is 322 g/mol. The first-order chi connectivity index (χ1) is 10.5. The van der Waals surface area contributed by atoms with E-state index >= 15 is 0 Å². The minimum Gasteiger partial charge on any atom is -0.324 e. The van der Waals surface area contributed by atoms with E-state index in [1.807, 2.05) is 23.1 Å². The second kappa shape index (κ2) is 6.09. The summed E-state index contributed by atoms with van der Waals surface area (Å²) in [6.45, 7) is 6.05. The highest BCUT2D eigenvalue weighted by Crippen LogP contribution is 2.39. The van der Waals surface area contributed by atoms with Gasteiger partial charge in [-0.2, -0.15) is 0 Å². The predicted molar refractivity (Wildman–Crippen MR) is 90.6 cm³/mol. The fourth-order valence-corrected chi connectivity index (χ4v) is 3.97. The zero-order chi connectivity index (χ0) is 15.7. The lowest BCUT2D eigenvalue weighted by Crippen LogP contribution is -2.36. The molecule has 0 aromatic heterocycles. The van der Waals surface area contributed by atoms with E-state index in [9.17, 15) is 4.79 Å². The molecule has 1 aromatic rings. The van der Waals surface area contributed by atoms with Crippen LogP contribution in [0.15, 0.2) is 18.2 Å². The van der Waals surface area contributed by atoms with Gasteiger partial charge in [0.15, 0.2) is 0 Å². The molecule has 0 aliphatic carbocycles. The zero-order valence-electron chi connectivity index (χ0n) is 13.4. The standard InChI is InChI=1S/C17H24ClN3O/c1-3-13-10-14(18)4-5-15(13)19-16(22)21-9-7-17(12-21)6-8-20(2)11-17/h4-5,10H,3,6-9,11-12H2,1-2H3,(H,19,22)/t17-/m0/s1. The van der Waals surface area contributed by atoms with Gasteiger partial charge in [-0.25, -0.2) is 4.79 Å². The van der Waals surface area contributed by atoms with E-state index < -0.39 is 0 Å². The molecular weight excluding hydrogens is 298 g/mol. The van der Waals surface area contributed by atoms with Crippen LogP contribution >= 0.6 is 11.6 Å². The molecule has 2 fully saturated rings. The Morgan fingerprint density at radius 1 is 1.32 bits per heavy atom. The van der Waals surface area contributed by atoms with Crippen LogP contribution in [0.1, 0.15) is 25.3 Å². The van der Waals surface area contributed by atoms with Crippen molar-refractivity contribution in [2.45, 2.75) is 26.2 Å². The van der Waals surface area contributed by atoms with Gasteiger partial charge in [-0.05, 0) is 56.6 Å². The summed E-state index contributed by atoms with van der Waals surface area (Å²) in [6, 6.07) is 5.67. The molecule has 120 valence electrons. The molecule has 3 rings (SSSR count). The van der Waals surface area contributed by atoms with Crippen molar-refractivity contribution in [2.24, 2.45) is 5.41 Å². The Morgan fingerprint density at radius 3 is 2.77 bits per heavy atom. The Labute approximate surface area is 137 Å². The van der Waals surface area contributed by atoms with Gasteiger partial charge in [-0.15, -0.1) is 0 Å². The molecule has 2 aliphatic heterocycles. The number of anilines is 1. The molecule has 2 heterocycles. The minimum atomic E-state index is 0.0171. The first kappa shape index (κ1) is 15.6. The summed E-state index contributed by atoms with van der Waals surface area (Å²) in [4.78, 5) is 16.9. The summed E-state index contributed by atoms with van der Waals surface area (Å²) in [7, 11) is 2.17. The minimum absolute atomic E-state index is 0.0171. The maximum atomic E-state index is 12.6. The van der Waals surface area contributed by atoms with E-state index in [0.717, 1.165) is 50.3 Å². The van der Waals surface area contributed by atoms with Gasteiger partial charge in [0.1, 0.15) is 0 Å². The number of nitrogens with zero attached hydrogens (tertiary/aromatic N) is 2. The molecule has 0 unspecified atom stereocenters. The molecule has 1 atom stereocenters. The monoisotopic (exact) mass is 321 g/mol. The third-order valence-electron chi connectivity index (χ3n) is 5.04. The lowest BCUT2D eigenvalue weighted by molar-refractivity contribution is 0.212. The Morgan fingerprint density at radius 2 is 2.09 bits per heavy atom. The number of hydrogen-bond donors (Lipinski definition) is 1. The molecule has 22 heavy (non-hydrogen) atoms. The Kier molecular flexibility index (Phi) is 4.33. The second-order valence-corrected chi connectivity index (χ2v) is 7.18. The normalized spacial score (nSPS) is 25.1. The van der Waals surface area contributed by atoms with Gasteiger partial charge in [-0.3, -0.25) is 0 Å². The Bertz CT molecular complexity index is 577. The van der Waals surface area contributed by atoms with Crippen molar-refractivity contribution in [1.82, 2.24) is 9.80 Å². The summed E-state index contributed by atoms with van der Waals surface area (Å²) >= 11 is 6.03. The lowest BCUT2D eigenvalue weighted by Gasteiger charge is -2.24. The number of carbonyl (C=O) groups excluding carboxylic acids is 1. The number of carbonyl (C=O) groups is 1. The third-order valence-corrected chi connectivity index (χ3v) is 5.28. The fourth-order valence-electron chi connectivity index (χ4n) is 3.77. The molecule has 0 radical (unpaired) electrons. The number of nitrogens with one attached hydrogen (secondary N) is 1. The highest BCUT2D eigenvalue weighted by atomic mass is 35.5. The van der Waals surface area contributed by atoms with Crippen LogP contribution in [0.3, 0.4) is 0 Å². The van der Waals surface area contributed by atoms with Crippen molar-refractivity contribution in [2.75, 3.05) is 38.5 Å². The van der Waals surface area contributed by atoms with Crippen molar-refractivity contribution in [1.29, 1.82) is 0 Å². The number of rotatable bonds is 2. The first-order valence-corrected chi connectivity index (χ1v) is 8.42. The first-order valence-electron chi connectivity index (χ1n) is 8.04. The van der Waals surface area contributed by atoms with Crippen molar-refractivity contribution < 1.29 is 4.79 Å². The molecule has 1 N–H and O–H groups in total. The van der Waals surface area contributed by atoms with Crippen LogP contribution in [0.2, 0.25) is 5.02 Å². The molecule has 1 spiro atoms. The van der Waals surface area contributed by atoms with Crippen molar-refractivity contribution >= 4 is 23.3 Å². The highest BCUT2D eigenvalue weighted by Gasteiger charge is 2.43. The molecule has 0 bridgehead atoms. The van der Waals surface area contributed by atoms with Crippen LogP contribution in [0.5, 0.6) is 0 Å². The maximum absolute atomic E-state index is 12.6. The van der Waals surface area contributed by atoms with Crippen LogP contribution in [-0.4, -0.2) is 49.1 Å². The molecule has 4 nitrogen and oxygen atoms in total. The van der Waals surface area contributed by atoms with Gasteiger partial charge in [0.05, 0.1) is 0 Å². The van der Waals surface area contributed by atoms with Crippen LogP contribution in [-0.2, 0) is 6.42 Å². The van der Waals surface area contributed by atoms with Crippen LogP contribution in [0, 0.1) is 5.41 Å². The summed E-state index contributed by atoms with van der Waals surface area (Å²) < 4.78 is 0. The molecule has 0 saturated carbocycles. The molecule has 2 saturated heterocycles. The fraction of sp³-hybridized carbons (Fsp3) is 0.588. The lowest BCUT2D eigenvalue weighted by atomic mass is 9.86. The number of benzene rings is 1. The summed E-state index contributed by atoms with van der Waals surface area (Å²) in [5, 5.41) is 3.77. The highest BCUT2D eigenvalue weighted by molar-refractivity contribution is 6.30. The van der Waals surface area contributed by atoms with Crippen molar-refractivity contribution in [3.05, 3.63) is 28.8 Å². The summed E-state index contributed by atoms with van der Waals surface area (Å²) in [5.74, 6) is 0. The van der Waals surface area contributed by atoms with Gasteiger partial charge in [0, 0.05) is 35.8 Å². The van der Waals surface area contributed by atoms with E-state index in [2.05, 4.69) is 24.2 Å². The van der Waals surface area contributed by atoms with Gasteiger partial charge in [0.2, 0.25) is 0 Å². The number of amides is 2. The summed E-state index contributed by atoms with van der Waals surface area (Å²) in [5.41, 5.74) is 2.27. The third kappa shape index (κ3) is 3.08. The van der Waals surface area contributed by atoms with Gasteiger partial charge in [0.25, 0.3) is 0 Å². The molecular formula is C17H24ClN3O. The SMILES string of the molecule is CCc1cc(Cl)ccc1NC(=O)N1CC[C@]2(CCN(C)C2)C1.